The molecule has 0 radical (unpaired) electrons. The van der Waals surface area contributed by atoms with Gasteiger partial charge in [-0.2, -0.15) is 0 Å². The molecular weight excluding hydrogens is 344 g/mol. The molecule has 0 atom stereocenters. The minimum Gasteiger partial charge on any atom is -0.493 e. The van der Waals surface area contributed by atoms with Crippen molar-refractivity contribution in [3.63, 3.8) is 0 Å². The second kappa shape index (κ2) is 8.24. The number of ether oxygens (including phenoxy) is 1. The first-order valence-corrected chi connectivity index (χ1v) is 9.97. The third-order valence-corrected chi connectivity index (χ3v) is 5.40. The fourth-order valence-corrected chi connectivity index (χ4v) is 3.94. The monoisotopic (exact) mass is 368 g/mol. The molecular formula is C22H25ClN2O. The van der Waals surface area contributed by atoms with Crippen molar-refractivity contribution in [2.24, 2.45) is 4.99 Å². The van der Waals surface area contributed by atoms with Gasteiger partial charge in [0.1, 0.15) is 5.75 Å². The summed E-state index contributed by atoms with van der Waals surface area (Å²) in [6.45, 7) is 4.40. The van der Waals surface area contributed by atoms with Gasteiger partial charge in [0.05, 0.1) is 18.0 Å². The van der Waals surface area contributed by atoms with Crippen molar-refractivity contribution in [3.8, 4) is 5.75 Å². The zero-order valence-corrected chi connectivity index (χ0v) is 15.8. The Labute approximate surface area is 160 Å². The van der Waals surface area contributed by atoms with E-state index in [0.29, 0.717) is 0 Å². The number of benzene rings is 2. The minimum atomic E-state index is 0.749. The summed E-state index contributed by atoms with van der Waals surface area (Å²) in [5.41, 5.74) is 4.44. The van der Waals surface area contributed by atoms with Crippen LogP contribution in [-0.2, 0) is 6.42 Å². The molecule has 4 heteroatoms. The molecule has 2 aromatic carbocycles. The molecule has 0 spiro atoms. The summed E-state index contributed by atoms with van der Waals surface area (Å²) < 4.78 is 5.97. The lowest BCUT2D eigenvalue weighted by atomic mass is 10.0. The van der Waals surface area contributed by atoms with Crippen molar-refractivity contribution in [1.82, 2.24) is 4.90 Å². The van der Waals surface area contributed by atoms with E-state index in [1.165, 1.54) is 37.9 Å². The van der Waals surface area contributed by atoms with E-state index in [-0.39, 0.29) is 0 Å². The topological polar surface area (TPSA) is 24.8 Å². The van der Waals surface area contributed by atoms with Crippen LogP contribution < -0.4 is 4.74 Å². The van der Waals surface area contributed by atoms with E-state index in [1.54, 1.807) is 0 Å². The summed E-state index contributed by atoms with van der Waals surface area (Å²) in [6.07, 6.45) is 6.01. The fourth-order valence-electron chi connectivity index (χ4n) is 3.75. The van der Waals surface area contributed by atoms with E-state index in [0.717, 1.165) is 53.7 Å². The van der Waals surface area contributed by atoms with Gasteiger partial charge in [-0.25, -0.2) is 0 Å². The first-order chi connectivity index (χ1) is 12.8. The van der Waals surface area contributed by atoms with Gasteiger partial charge >= 0.3 is 0 Å². The van der Waals surface area contributed by atoms with Crippen molar-refractivity contribution in [2.45, 2.75) is 32.1 Å². The summed E-state index contributed by atoms with van der Waals surface area (Å²) in [4.78, 5) is 7.35. The number of fused-ring (bicyclic) bond motifs is 1. The molecule has 0 unspecified atom stereocenters. The van der Waals surface area contributed by atoms with Crippen LogP contribution in [0.4, 0.5) is 5.69 Å². The van der Waals surface area contributed by atoms with Gasteiger partial charge in [0, 0.05) is 24.1 Å². The minimum absolute atomic E-state index is 0.749. The van der Waals surface area contributed by atoms with Gasteiger partial charge in [-0.1, -0.05) is 36.2 Å². The van der Waals surface area contributed by atoms with Crippen molar-refractivity contribution >= 4 is 23.0 Å². The number of hydrogen-bond acceptors (Lipinski definition) is 3. The quantitative estimate of drug-likeness (QED) is 0.648. The third-order valence-electron chi connectivity index (χ3n) is 5.16. The number of likely N-dealkylation sites (tertiary alicyclic amines) is 1. The van der Waals surface area contributed by atoms with E-state index >= 15 is 0 Å². The summed E-state index contributed by atoms with van der Waals surface area (Å²) in [6, 6.07) is 14.2. The lowest BCUT2D eigenvalue weighted by molar-refractivity contribution is 0.205. The standard InChI is InChI=1S/C22H25ClN2O/c23-19-7-4-6-17(14-19)21-15-18-8-9-20(16-22(18)24-21)26-13-5-12-25-10-2-1-3-11-25/h4,6-9,14,16H,1-3,5,10-13,15H2. The van der Waals surface area contributed by atoms with E-state index in [2.05, 4.69) is 29.2 Å². The van der Waals surface area contributed by atoms with E-state index < -0.39 is 0 Å². The zero-order valence-electron chi connectivity index (χ0n) is 15.1. The van der Waals surface area contributed by atoms with Crippen LogP contribution in [0.5, 0.6) is 5.75 Å². The molecule has 2 aliphatic rings. The predicted octanol–water partition coefficient (Wildman–Crippen LogP) is 5.27. The molecule has 4 rings (SSSR count). The second-order valence-corrected chi connectivity index (χ2v) is 7.58. The molecule has 2 aromatic rings. The Kier molecular flexibility index (Phi) is 5.57. The molecule has 1 fully saturated rings. The number of nitrogens with zero attached hydrogens (tertiary/aromatic N) is 2. The molecule has 0 saturated carbocycles. The lowest BCUT2D eigenvalue weighted by Crippen LogP contribution is -2.31. The third kappa shape index (κ3) is 4.28. The first-order valence-electron chi connectivity index (χ1n) is 9.59. The Balaban J connectivity index is 1.33. The van der Waals surface area contributed by atoms with Crippen LogP contribution in [0.25, 0.3) is 0 Å². The SMILES string of the molecule is Clc1cccc(C2=Nc3cc(OCCCN4CCCCC4)ccc3C2)c1. The fraction of sp³-hybridized carbons (Fsp3) is 0.409. The average molecular weight is 369 g/mol. The van der Waals surface area contributed by atoms with Crippen LogP contribution >= 0.6 is 11.6 Å². The zero-order chi connectivity index (χ0) is 17.8. The maximum atomic E-state index is 6.11. The molecule has 0 aromatic heterocycles. The van der Waals surface area contributed by atoms with Crippen molar-refractivity contribution in [1.29, 1.82) is 0 Å². The smallest absolute Gasteiger partial charge is 0.121 e. The molecule has 2 heterocycles. The maximum absolute atomic E-state index is 6.11. The number of hydrogen-bond donors (Lipinski definition) is 0. The molecule has 0 aliphatic carbocycles. The normalized spacial score (nSPS) is 17.0. The number of aliphatic imine (C=N–C) groups is 1. The molecule has 0 amide bonds. The molecule has 1 saturated heterocycles. The van der Waals surface area contributed by atoms with E-state index in [1.807, 2.05) is 18.2 Å². The van der Waals surface area contributed by atoms with E-state index in [4.69, 9.17) is 21.3 Å². The summed E-state index contributed by atoms with van der Waals surface area (Å²) in [5.74, 6) is 0.915. The van der Waals surface area contributed by atoms with Gasteiger partial charge in [-0.15, -0.1) is 0 Å². The van der Waals surface area contributed by atoms with Crippen LogP contribution in [0.2, 0.25) is 5.02 Å². The van der Waals surface area contributed by atoms with Crippen LogP contribution in [0, 0.1) is 0 Å². The average Bonchev–Trinajstić information content (AvgIpc) is 3.10. The highest BCUT2D eigenvalue weighted by atomic mass is 35.5. The van der Waals surface area contributed by atoms with Crippen molar-refractivity contribution in [3.05, 3.63) is 58.6 Å². The Morgan fingerprint density at radius 2 is 1.92 bits per heavy atom. The summed E-state index contributed by atoms with van der Waals surface area (Å²) in [7, 11) is 0. The van der Waals surface area contributed by atoms with Crippen LogP contribution in [0.15, 0.2) is 47.5 Å². The number of piperidine rings is 1. The van der Waals surface area contributed by atoms with Gasteiger partial charge in [-0.3, -0.25) is 4.99 Å². The lowest BCUT2D eigenvalue weighted by Gasteiger charge is -2.26. The highest BCUT2D eigenvalue weighted by Crippen LogP contribution is 2.32. The molecule has 0 bridgehead atoms. The van der Waals surface area contributed by atoms with Gasteiger partial charge in [0.25, 0.3) is 0 Å². The number of halogens is 1. The van der Waals surface area contributed by atoms with Crippen molar-refractivity contribution < 1.29 is 4.74 Å². The molecule has 0 N–H and O–H groups in total. The maximum Gasteiger partial charge on any atom is 0.121 e. The summed E-state index contributed by atoms with van der Waals surface area (Å²) in [5, 5.41) is 0.749. The van der Waals surface area contributed by atoms with Crippen LogP contribution in [0.3, 0.4) is 0 Å². The second-order valence-electron chi connectivity index (χ2n) is 7.14. The van der Waals surface area contributed by atoms with Crippen LogP contribution in [0.1, 0.15) is 36.8 Å². The molecule has 26 heavy (non-hydrogen) atoms. The predicted molar refractivity (Wildman–Crippen MR) is 108 cm³/mol. The van der Waals surface area contributed by atoms with Gasteiger partial charge < -0.3 is 9.64 Å². The van der Waals surface area contributed by atoms with Gasteiger partial charge in [0.15, 0.2) is 0 Å². The first kappa shape index (κ1) is 17.6. The Bertz CT molecular complexity index is 796. The molecule has 2 aliphatic heterocycles. The van der Waals surface area contributed by atoms with Crippen molar-refractivity contribution in [2.75, 3.05) is 26.2 Å². The van der Waals surface area contributed by atoms with Gasteiger partial charge in [-0.05, 0) is 61.7 Å². The highest BCUT2D eigenvalue weighted by molar-refractivity contribution is 6.31. The van der Waals surface area contributed by atoms with Gasteiger partial charge in [0.2, 0.25) is 0 Å². The molecule has 136 valence electrons. The Hall–Kier alpha value is -1.84. The molecule has 3 nitrogen and oxygen atoms in total. The summed E-state index contributed by atoms with van der Waals surface area (Å²) >= 11 is 6.11. The Morgan fingerprint density at radius 3 is 2.77 bits per heavy atom. The van der Waals surface area contributed by atoms with Crippen LogP contribution in [-0.4, -0.2) is 36.9 Å². The number of rotatable bonds is 6. The Morgan fingerprint density at radius 1 is 1.04 bits per heavy atom. The highest BCUT2D eigenvalue weighted by Gasteiger charge is 2.17. The largest absolute Gasteiger partial charge is 0.493 e. The van der Waals surface area contributed by atoms with E-state index in [9.17, 15) is 0 Å².